The average Bonchev–Trinajstić information content (AvgIpc) is 2.29. The van der Waals surface area contributed by atoms with E-state index in [-0.39, 0.29) is 0 Å². The van der Waals surface area contributed by atoms with E-state index in [4.69, 9.17) is 0 Å². The zero-order valence-corrected chi connectivity index (χ0v) is 10.7. The molecule has 1 aliphatic carbocycles. The number of hydrogen-bond acceptors (Lipinski definition) is 1. The van der Waals surface area contributed by atoms with Crippen LogP contribution in [-0.2, 0) is 4.79 Å². The van der Waals surface area contributed by atoms with Gasteiger partial charge in [-0.05, 0) is 55.9 Å². The number of allylic oxidation sites excluding steroid dienone is 3. The lowest BCUT2D eigenvalue weighted by Gasteiger charge is -2.28. The lowest BCUT2D eigenvalue weighted by molar-refractivity contribution is -0.105. The van der Waals surface area contributed by atoms with E-state index in [1.54, 1.807) is 0 Å². The zero-order chi connectivity index (χ0) is 12.0. The molecule has 16 heavy (non-hydrogen) atoms. The van der Waals surface area contributed by atoms with Crippen LogP contribution in [0.3, 0.4) is 0 Å². The highest BCUT2D eigenvalue weighted by molar-refractivity contribution is 5.74. The van der Waals surface area contributed by atoms with Gasteiger partial charge >= 0.3 is 0 Å². The molecule has 1 atom stereocenters. The number of carbonyl (C=O) groups is 1. The third-order valence-corrected chi connectivity index (χ3v) is 3.72. The van der Waals surface area contributed by atoms with Crippen LogP contribution in [0.4, 0.5) is 0 Å². The fourth-order valence-corrected chi connectivity index (χ4v) is 2.50. The van der Waals surface area contributed by atoms with Crippen LogP contribution in [0.5, 0.6) is 0 Å². The molecule has 0 aliphatic heterocycles. The van der Waals surface area contributed by atoms with Gasteiger partial charge in [-0.3, -0.25) is 4.79 Å². The lowest BCUT2D eigenvalue weighted by atomic mass is 9.77. The smallest absolute Gasteiger partial charge is 0.145 e. The van der Waals surface area contributed by atoms with Gasteiger partial charge < -0.3 is 0 Å². The molecular formula is C15H24O. The SMILES string of the molecule is C=CCCCC1=C(C=O)CC[C@H](C(C)C)C1. The lowest BCUT2D eigenvalue weighted by Crippen LogP contribution is -2.16. The molecule has 0 heterocycles. The summed E-state index contributed by atoms with van der Waals surface area (Å²) in [5, 5.41) is 0. The third-order valence-electron chi connectivity index (χ3n) is 3.72. The van der Waals surface area contributed by atoms with Crippen LogP contribution >= 0.6 is 0 Å². The molecule has 0 saturated heterocycles. The van der Waals surface area contributed by atoms with Crippen LogP contribution in [0.25, 0.3) is 0 Å². The second-order valence-electron chi connectivity index (χ2n) is 5.17. The molecule has 0 radical (unpaired) electrons. The van der Waals surface area contributed by atoms with Gasteiger partial charge in [-0.2, -0.15) is 0 Å². The minimum absolute atomic E-state index is 0.739. The second-order valence-corrected chi connectivity index (χ2v) is 5.17. The highest BCUT2D eigenvalue weighted by atomic mass is 16.1. The summed E-state index contributed by atoms with van der Waals surface area (Å²) in [6, 6.07) is 0. The predicted octanol–water partition coefficient (Wildman–Crippen LogP) is 4.29. The van der Waals surface area contributed by atoms with Gasteiger partial charge in [0.25, 0.3) is 0 Å². The summed E-state index contributed by atoms with van der Waals surface area (Å²) in [6.45, 7) is 8.32. The fourth-order valence-electron chi connectivity index (χ4n) is 2.50. The van der Waals surface area contributed by atoms with Crippen molar-refractivity contribution in [3.63, 3.8) is 0 Å². The first kappa shape index (κ1) is 13.2. The molecule has 0 spiro atoms. The van der Waals surface area contributed by atoms with Gasteiger partial charge in [-0.1, -0.05) is 25.5 Å². The summed E-state index contributed by atoms with van der Waals surface area (Å²) >= 11 is 0. The van der Waals surface area contributed by atoms with Crippen LogP contribution < -0.4 is 0 Å². The van der Waals surface area contributed by atoms with E-state index in [2.05, 4.69) is 20.4 Å². The van der Waals surface area contributed by atoms with Crippen molar-refractivity contribution in [3.8, 4) is 0 Å². The Morgan fingerprint density at radius 1 is 1.50 bits per heavy atom. The molecule has 0 bridgehead atoms. The average molecular weight is 220 g/mol. The van der Waals surface area contributed by atoms with E-state index in [0.717, 1.165) is 55.8 Å². The minimum Gasteiger partial charge on any atom is -0.298 e. The molecule has 90 valence electrons. The molecule has 0 aromatic carbocycles. The predicted molar refractivity (Wildman–Crippen MR) is 69.3 cm³/mol. The highest BCUT2D eigenvalue weighted by Gasteiger charge is 2.22. The van der Waals surface area contributed by atoms with Crippen molar-refractivity contribution in [2.45, 2.75) is 52.4 Å². The van der Waals surface area contributed by atoms with Crippen molar-refractivity contribution < 1.29 is 4.79 Å². The van der Waals surface area contributed by atoms with Gasteiger partial charge in [-0.15, -0.1) is 6.58 Å². The molecule has 1 heteroatoms. The van der Waals surface area contributed by atoms with Gasteiger partial charge in [0.2, 0.25) is 0 Å². The maximum absolute atomic E-state index is 11.0. The van der Waals surface area contributed by atoms with Crippen molar-refractivity contribution in [2.24, 2.45) is 11.8 Å². The first-order chi connectivity index (χ1) is 7.69. The maximum atomic E-state index is 11.0. The molecule has 0 fully saturated rings. The Hall–Kier alpha value is -0.850. The number of carbonyl (C=O) groups excluding carboxylic acids is 1. The van der Waals surface area contributed by atoms with Crippen molar-refractivity contribution in [3.05, 3.63) is 23.8 Å². The Bertz CT molecular complexity index is 273. The Morgan fingerprint density at radius 3 is 2.81 bits per heavy atom. The largest absolute Gasteiger partial charge is 0.298 e. The van der Waals surface area contributed by atoms with E-state index in [1.165, 1.54) is 12.0 Å². The third kappa shape index (κ3) is 3.62. The molecule has 0 amide bonds. The fraction of sp³-hybridized carbons (Fsp3) is 0.667. The molecule has 1 aliphatic rings. The summed E-state index contributed by atoms with van der Waals surface area (Å²) in [7, 11) is 0. The molecular weight excluding hydrogens is 196 g/mol. The molecule has 0 unspecified atom stereocenters. The monoisotopic (exact) mass is 220 g/mol. The Balaban J connectivity index is 2.61. The van der Waals surface area contributed by atoms with E-state index in [9.17, 15) is 4.79 Å². The van der Waals surface area contributed by atoms with Crippen LogP contribution in [0.1, 0.15) is 52.4 Å². The van der Waals surface area contributed by atoms with Crippen LogP contribution in [0.2, 0.25) is 0 Å². The number of hydrogen-bond donors (Lipinski definition) is 0. The van der Waals surface area contributed by atoms with Gasteiger partial charge in [0, 0.05) is 0 Å². The Morgan fingerprint density at radius 2 is 2.25 bits per heavy atom. The molecule has 1 nitrogen and oxygen atoms in total. The van der Waals surface area contributed by atoms with Crippen molar-refractivity contribution in [1.29, 1.82) is 0 Å². The first-order valence-electron chi connectivity index (χ1n) is 6.46. The molecule has 0 aromatic heterocycles. The zero-order valence-electron chi connectivity index (χ0n) is 10.7. The van der Waals surface area contributed by atoms with Gasteiger partial charge in [0.15, 0.2) is 0 Å². The first-order valence-corrected chi connectivity index (χ1v) is 6.46. The van der Waals surface area contributed by atoms with Gasteiger partial charge in [-0.25, -0.2) is 0 Å². The van der Waals surface area contributed by atoms with Crippen LogP contribution in [0.15, 0.2) is 23.8 Å². The Kier molecular flexibility index (Phi) is 5.51. The highest BCUT2D eigenvalue weighted by Crippen LogP contribution is 2.35. The second kappa shape index (κ2) is 6.67. The van der Waals surface area contributed by atoms with Gasteiger partial charge in [0.1, 0.15) is 6.29 Å². The number of unbranched alkanes of at least 4 members (excludes halogenated alkanes) is 1. The van der Waals surface area contributed by atoms with E-state index in [1.807, 2.05) is 6.08 Å². The minimum atomic E-state index is 0.739. The molecule has 0 saturated carbocycles. The summed E-state index contributed by atoms with van der Waals surface area (Å²) < 4.78 is 0. The standard InChI is InChI=1S/C15H24O/c1-4-5-6-7-14-10-13(12(2)3)8-9-15(14)11-16/h4,11-13H,1,5-10H2,2-3H3/t13-/m0/s1. The summed E-state index contributed by atoms with van der Waals surface area (Å²) in [4.78, 5) is 11.0. The summed E-state index contributed by atoms with van der Waals surface area (Å²) in [5.41, 5.74) is 2.50. The van der Waals surface area contributed by atoms with E-state index >= 15 is 0 Å². The Labute approximate surface area is 99.6 Å². The maximum Gasteiger partial charge on any atom is 0.145 e. The van der Waals surface area contributed by atoms with Crippen molar-refractivity contribution in [2.75, 3.05) is 0 Å². The van der Waals surface area contributed by atoms with Crippen molar-refractivity contribution >= 4 is 6.29 Å². The summed E-state index contributed by atoms with van der Waals surface area (Å²) in [6.07, 6.45) is 9.66. The van der Waals surface area contributed by atoms with Crippen LogP contribution in [-0.4, -0.2) is 6.29 Å². The molecule has 0 N–H and O–H groups in total. The number of aldehydes is 1. The topological polar surface area (TPSA) is 17.1 Å². The molecule has 1 rings (SSSR count). The van der Waals surface area contributed by atoms with E-state index < -0.39 is 0 Å². The van der Waals surface area contributed by atoms with E-state index in [0.29, 0.717) is 0 Å². The van der Waals surface area contributed by atoms with Gasteiger partial charge in [0.05, 0.1) is 0 Å². The van der Waals surface area contributed by atoms with Crippen molar-refractivity contribution in [1.82, 2.24) is 0 Å². The molecule has 0 aromatic rings. The number of rotatable bonds is 6. The normalized spacial score (nSPS) is 21.3. The summed E-state index contributed by atoms with van der Waals surface area (Å²) in [5.74, 6) is 1.52. The quantitative estimate of drug-likeness (QED) is 0.370. The van der Waals surface area contributed by atoms with Crippen LogP contribution in [0, 0.1) is 11.8 Å².